The van der Waals surface area contributed by atoms with Gasteiger partial charge in [0.05, 0.1) is 0 Å². The van der Waals surface area contributed by atoms with Crippen LogP contribution < -0.4 is 10.6 Å². The van der Waals surface area contributed by atoms with Crippen molar-refractivity contribution in [1.82, 2.24) is 0 Å². The standard InChI is InChI=1S/C15H21FN2/c16-14-5-13(8-17)6-15(7-14)18(9-11-1-2-11)10-12-3-4-12/h5-7,11-12H,1-4,8-10,17H2. The van der Waals surface area contributed by atoms with E-state index in [1.807, 2.05) is 6.07 Å². The van der Waals surface area contributed by atoms with Gasteiger partial charge in [0.2, 0.25) is 0 Å². The average Bonchev–Trinajstić information content (AvgIpc) is 3.22. The van der Waals surface area contributed by atoms with Crippen molar-refractivity contribution in [1.29, 1.82) is 0 Å². The van der Waals surface area contributed by atoms with E-state index in [0.29, 0.717) is 6.54 Å². The van der Waals surface area contributed by atoms with Crippen LogP contribution in [0, 0.1) is 17.7 Å². The van der Waals surface area contributed by atoms with Gasteiger partial charge in [0, 0.05) is 25.3 Å². The van der Waals surface area contributed by atoms with Crippen LogP contribution in [0.1, 0.15) is 31.2 Å². The zero-order chi connectivity index (χ0) is 12.5. The van der Waals surface area contributed by atoms with Crippen LogP contribution in [-0.4, -0.2) is 13.1 Å². The van der Waals surface area contributed by atoms with E-state index in [9.17, 15) is 4.39 Å². The Hall–Kier alpha value is -1.09. The van der Waals surface area contributed by atoms with Gasteiger partial charge in [-0.3, -0.25) is 0 Å². The Morgan fingerprint density at radius 3 is 2.17 bits per heavy atom. The molecule has 98 valence electrons. The molecule has 0 atom stereocenters. The predicted octanol–water partition coefficient (Wildman–Crippen LogP) is 2.91. The van der Waals surface area contributed by atoms with Crippen molar-refractivity contribution in [3.05, 3.63) is 29.6 Å². The van der Waals surface area contributed by atoms with Gasteiger partial charge in [0.15, 0.2) is 0 Å². The highest BCUT2D eigenvalue weighted by Crippen LogP contribution is 2.36. The molecule has 2 fully saturated rings. The van der Waals surface area contributed by atoms with Crippen molar-refractivity contribution in [2.24, 2.45) is 17.6 Å². The van der Waals surface area contributed by atoms with Crippen LogP contribution >= 0.6 is 0 Å². The van der Waals surface area contributed by atoms with E-state index in [0.717, 1.165) is 36.2 Å². The van der Waals surface area contributed by atoms with Gasteiger partial charge in [-0.25, -0.2) is 4.39 Å². The fraction of sp³-hybridized carbons (Fsp3) is 0.600. The van der Waals surface area contributed by atoms with Crippen molar-refractivity contribution in [3.63, 3.8) is 0 Å². The summed E-state index contributed by atoms with van der Waals surface area (Å²) in [5.74, 6) is 1.49. The number of nitrogens with two attached hydrogens (primary N) is 1. The first-order valence-corrected chi connectivity index (χ1v) is 6.99. The Labute approximate surface area is 108 Å². The van der Waals surface area contributed by atoms with Gasteiger partial charge in [-0.15, -0.1) is 0 Å². The van der Waals surface area contributed by atoms with Crippen LogP contribution in [0.5, 0.6) is 0 Å². The van der Waals surface area contributed by atoms with Gasteiger partial charge >= 0.3 is 0 Å². The summed E-state index contributed by atoms with van der Waals surface area (Å²) >= 11 is 0. The molecule has 3 heteroatoms. The predicted molar refractivity (Wildman–Crippen MR) is 72.0 cm³/mol. The van der Waals surface area contributed by atoms with Crippen molar-refractivity contribution in [2.75, 3.05) is 18.0 Å². The summed E-state index contributed by atoms with van der Waals surface area (Å²) in [5.41, 5.74) is 7.54. The van der Waals surface area contributed by atoms with Gasteiger partial charge in [0.25, 0.3) is 0 Å². The Morgan fingerprint density at radius 2 is 1.67 bits per heavy atom. The molecule has 3 rings (SSSR count). The van der Waals surface area contributed by atoms with Crippen LogP contribution in [-0.2, 0) is 6.54 Å². The number of hydrogen-bond acceptors (Lipinski definition) is 2. The summed E-state index contributed by atoms with van der Waals surface area (Å²) in [5, 5.41) is 0. The van der Waals surface area contributed by atoms with Crippen LogP contribution in [0.4, 0.5) is 10.1 Å². The van der Waals surface area contributed by atoms with Gasteiger partial charge in [-0.05, 0) is 61.3 Å². The Morgan fingerprint density at radius 1 is 1.06 bits per heavy atom. The maximum absolute atomic E-state index is 13.6. The van der Waals surface area contributed by atoms with E-state index < -0.39 is 0 Å². The maximum atomic E-state index is 13.6. The molecule has 0 saturated heterocycles. The van der Waals surface area contributed by atoms with Crippen molar-refractivity contribution in [2.45, 2.75) is 32.2 Å². The molecule has 1 aromatic carbocycles. The molecule has 2 aliphatic carbocycles. The molecule has 1 aromatic rings. The lowest BCUT2D eigenvalue weighted by Crippen LogP contribution is -2.28. The minimum atomic E-state index is -0.162. The van der Waals surface area contributed by atoms with Crippen molar-refractivity contribution >= 4 is 5.69 Å². The molecule has 0 aliphatic heterocycles. The molecule has 0 unspecified atom stereocenters. The molecule has 0 heterocycles. The number of anilines is 1. The highest BCUT2D eigenvalue weighted by molar-refractivity contribution is 5.49. The maximum Gasteiger partial charge on any atom is 0.125 e. The first-order chi connectivity index (χ1) is 8.74. The van der Waals surface area contributed by atoms with Crippen molar-refractivity contribution < 1.29 is 4.39 Å². The third-order valence-electron chi connectivity index (χ3n) is 3.89. The normalized spacial score (nSPS) is 19.0. The lowest BCUT2D eigenvalue weighted by atomic mass is 10.1. The van der Waals surface area contributed by atoms with E-state index >= 15 is 0 Å². The first-order valence-electron chi connectivity index (χ1n) is 6.99. The molecule has 2 saturated carbocycles. The minimum Gasteiger partial charge on any atom is -0.371 e. The number of halogens is 1. The highest BCUT2D eigenvalue weighted by Gasteiger charge is 2.29. The third kappa shape index (κ3) is 3.02. The molecule has 2 N–H and O–H groups in total. The fourth-order valence-corrected chi connectivity index (χ4v) is 2.44. The van der Waals surface area contributed by atoms with Crippen LogP contribution in [0.25, 0.3) is 0 Å². The molecule has 0 radical (unpaired) electrons. The summed E-state index contributed by atoms with van der Waals surface area (Å²) in [6, 6.07) is 5.24. The third-order valence-corrected chi connectivity index (χ3v) is 3.89. The fourth-order valence-electron chi connectivity index (χ4n) is 2.44. The topological polar surface area (TPSA) is 29.3 Å². The lowest BCUT2D eigenvalue weighted by molar-refractivity contribution is 0.620. The van der Waals surface area contributed by atoms with Gasteiger partial charge in [-0.1, -0.05) is 0 Å². The molecular weight excluding hydrogens is 227 g/mol. The summed E-state index contributed by atoms with van der Waals surface area (Å²) in [6.07, 6.45) is 5.33. The number of hydrogen-bond donors (Lipinski definition) is 1. The quantitative estimate of drug-likeness (QED) is 0.838. The zero-order valence-electron chi connectivity index (χ0n) is 10.7. The number of rotatable bonds is 6. The first kappa shape index (κ1) is 12.0. The molecule has 18 heavy (non-hydrogen) atoms. The van der Waals surface area contributed by atoms with E-state index in [2.05, 4.69) is 4.90 Å². The van der Waals surface area contributed by atoms with Gasteiger partial charge in [-0.2, -0.15) is 0 Å². The van der Waals surface area contributed by atoms with E-state index in [1.54, 1.807) is 6.07 Å². The largest absolute Gasteiger partial charge is 0.371 e. The SMILES string of the molecule is NCc1cc(F)cc(N(CC2CC2)CC2CC2)c1. The Bertz CT molecular complexity index is 411. The molecule has 2 nitrogen and oxygen atoms in total. The second kappa shape index (κ2) is 4.88. The van der Waals surface area contributed by atoms with Crippen LogP contribution in [0.3, 0.4) is 0 Å². The monoisotopic (exact) mass is 248 g/mol. The van der Waals surface area contributed by atoms with E-state index in [-0.39, 0.29) is 5.82 Å². The van der Waals surface area contributed by atoms with Gasteiger partial charge < -0.3 is 10.6 Å². The van der Waals surface area contributed by atoms with Crippen LogP contribution in [0.15, 0.2) is 18.2 Å². The molecular formula is C15H21FN2. The summed E-state index contributed by atoms with van der Waals surface area (Å²) in [4.78, 5) is 2.37. The second-order valence-electron chi connectivity index (χ2n) is 5.81. The smallest absolute Gasteiger partial charge is 0.125 e. The van der Waals surface area contributed by atoms with E-state index in [1.165, 1.54) is 31.7 Å². The Balaban J connectivity index is 1.79. The Kier molecular flexibility index (Phi) is 3.25. The zero-order valence-corrected chi connectivity index (χ0v) is 10.7. The summed E-state index contributed by atoms with van der Waals surface area (Å²) in [7, 11) is 0. The summed E-state index contributed by atoms with van der Waals surface area (Å²) in [6.45, 7) is 2.58. The van der Waals surface area contributed by atoms with Gasteiger partial charge in [0.1, 0.15) is 5.82 Å². The number of benzene rings is 1. The minimum absolute atomic E-state index is 0.162. The molecule has 0 bridgehead atoms. The molecule has 2 aliphatic rings. The molecule has 0 spiro atoms. The number of nitrogens with zero attached hydrogens (tertiary/aromatic N) is 1. The highest BCUT2D eigenvalue weighted by atomic mass is 19.1. The van der Waals surface area contributed by atoms with Crippen LogP contribution in [0.2, 0.25) is 0 Å². The lowest BCUT2D eigenvalue weighted by Gasteiger charge is -2.25. The molecule has 0 aromatic heterocycles. The van der Waals surface area contributed by atoms with E-state index in [4.69, 9.17) is 5.73 Å². The second-order valence-corrected chi connectivity index (χ2v) is 5.81. The molecule has 0 amide bonds. The summed E-state index contributed by atoms with van der Waals surface area (Å²) < 4.78 is 13.6. The average molecular weight is 248 g/mol. The van der Waals surface area contributed by atoms with Crippen molar-refractivity contribution in [3.8, 4) is 0 Å².